The Morgan fingerprint density at radius 1 is 1.28 bits per heavy atom. The molecular formula is C20H29N3OS. The van der Waals surface area contributed by atoms with Crippen LogP contribution in [0.3, 0.4) is 0 Å². The van der Waals surface area contributed by atoms with Gasteiger partial charge in [-0.25, -0.2) is 0 Å². The number of amides is 1. The van der Waals surface area contributed by atoms with Gasteiger partial charge in [-0.2, -0.15) is 0 Å². The van der Waals surface area contributed by atoms with Crippen molar-refractivity contribution in [2.75, 3.05) is 39.0 Å². The third kappa shape index (κ3) is 5.51. The maximum Gasteiger partial charge on any atom is 0.270 e. The van der Waals surface area contributed by atoms with Gasteiger partial charge in [0.15, 0.2) is 0 Å². The maximum atomic E-state index is 12.8. The van der Waals surface area contributed by atoms with Crippen molar-refractivity contribution < 1.29 is 4.79 Å². The molecule has 0 spiro atoms. The molecule has 0 aromatic heterocycles. The van der Waals surface area contributed by atoms with Crippen molar-refractivity contribution in [2.24, 2.45) is 0 Å². The Hall–Kier alpha value is -1.46. The van der Waals surface area contributed by atoms with Crippen LogP contribution in [0.15, 0.2) is 47.1 Å². The van der Waals surface area contributed by atoms with Crippen LogP contribution in [-0.2, 0) is 4.79 Å². The average molecular weight is 360 g/mol. The van der Waals surface area contributed by atoms with E-state index in [0.29, 0.717) is 5.70 Å². The zero-order chi connectivity index (χ0) is 17.5. The fourth-order valence-electron chi connectivity index (χ4n) is 3.27. The number of rotatable bonds is 6. The molecule has 3 rings (SSSR count). The lowest BCUT2D eigenvalue weighted by molar-refractivity contribution is -0.127. The molecule has 2 aliphatic carbocycles. The topological polar surface area (TPSA) is 35.6 Å². The van der Waals surface area contributed by atoms with Crippen LogP contribution in [0.5, 0.6) is 0 Å². The first-order valence-corrected chi connectivity index (χ1v) is 10.4. The highest BCUT2D eigenvalue weighted by Crippen LogP contribution is 2.27. The third-order valence-corrected chi connectivity index (χ3v) is 5.78. The van der Waals surface area contributed by atoms with Gasteiger partial charge < -0.3 is 10.2 Å². The molecule has 3 aliphatic rings. The Morgan fingerprint density at radius 3 is 2.96 bits per heavy atom. The van der Waals surface area contributed by atoms with Gasteiger partial charge in [-0.05, 0) is 31.3 Å². The van der Waals surface area contributed by atoms with E-state index in [9.17, 15) is 4.79 Å². The van der Waals surface area contributed by atoms with Gasteiger partial charge in [0, 0.05) is 50.4 Å². The highest BCUT2D eigenvalue weighted by atomic mass is 32.2. The molecule has 1 N–H and O–H groups in total. The lowest BCUT2D eigenvalue weighted by Crippen LogP contribution is -2.38. The van der Waals surface area contributed by atoms with E-state index in [-0.39, 0.29) is 5.91 Å². The predicted molar refractivity (Wildman–Crippen MR) is 106 cm³/mol. The number of nitrogens with zero attached hydrogens (tertiary/aromatic N) is 2. The number of hydrogen-bond acceptors (Lipinski definition) is 4. The molecule has 4 nitrogen and oxygen atoms in total. The first kappa shape index (κ1) is 18.3. The SMILES string of the molecule is CN/C(=C\SCC1=CC=CCC=C1)C(=O)N1CCCN(C2CC2)CC1. The summed E-state index contributed by atoms with van der Waals surface area (Å²) < 4.78 is 0. The number of hydrogen-bond donors (Lipinski definition) is 1. The highest BCUT2D eigenvalue weighted by molar-refractivity contribution is 8.02. The van der Waals surface area contributed by atoms with E-state index >= 15 is 0 Å². The molecule has 0 bridgehead atoms. The maximum absolute atomic E-state index is 12.8. The molecule has 1 saturated carbocycles. The van der Waals surface area contributed by atoms with Gasteiger partial charge in [0.2, 0.25) is 0 Å². The van der Waals surface area contributed by atoms with Crippen molar-refractivity contribution in [1.29, 1.82) is 0 Å². The summed E-state index contributed by atoms with van der Waals surface area (Å²) in [5.74, 6) is 1.02. The standard InChI is InChI=1S/C20H29N3OS/c1-21-19(16-25-15-17-7-4-2-3-5-8-17)20(24)23-12-6-11-22(13-14-23)18-9-10-18/h2,4-5,7-8,16,18,21H,3,6,9-15H2,1H3/b19-16-. The number of carbonyl (C=O) groups is 1. The van der Waals surface area contributed by atoms with E-state index in [0.717, 1.165) is 50.8 Å². The van der Waals surface area contributed by atoms with Crippen molar-refractivity contribution in [3.63, 3.8) is 0 Å². The lowest BCUT2D eigenvalue weighted by atomic mass is 10.3. The second-order valence-electron chi connectivity index (χ2n) is 6.81. The summed E-state index contributed by atoms with van der Waals surface area (Å²) in [4.78, 5) is 17.4. The third-order valence-electron chi connectivity index (χ3n) is 4.88. The van der Waals surface area contributed by atoms with Crippen LogP contribution < -0.4 is 5.32 Å². The summed E-state index contributed by atoms with van der Waals surface area (Å²) in [5, 5.41) is 5.08. The lowest BCUT2D eigenvalue weighted by Gasteiger charge is -2.22. The minimum Gasteiger partial charge on any atom is -0.383 e. The molecule has 1 saturated heterocycles. The molecular weight excluding hydrogens is 330 g/mol. The summed E-state index contributed by atoms with van der Waals surface area (Å²) in [6.07, 6.45) is 15.5. The van der Waals surface area contributed by atoms with E-state index < -0.39 is 0 Å². The summed E-state index contributed by atoms with van der Waals surface area (Å²) in [7, 11) is 1.84. The number of nitrogens with one attached hydrogen (secondary N) is 1. The zero-order valence-corrected chi connectivity index (χ0v) is 15.9. The molecule has 1 aliphatic heterocycles. The molecule has 0 aromatic carbocycles. The highest BCUT2D eigenvalue weighted by Gasteiger charge is 2.31. The molecule has 5 heteroatoms. The van der Waals surface area contributed by atoms with Crippen LogP contribution in [0.4, 0.5) is 0 Å². The van der Waals surface area contributed by atoms with Gasteiger partial charge in [-0.1, -0.05) is 30.4 Å². The average Bonchev–Trinajstić information content (AvgIpc) is 3.46. The van der Waals surface area contributed by atoms with Crippen molar-refractivity contribution in [3.05, 3.63) is 47.1 Å². The van der Waals surface area contributed by atoms with Crippen LogP contribution in [0.25, 0.3) is 0 Å². The zero-order valence-electron chi connectivity index (χ0n) is 15.1. The molecule has 0 radical (unpaired) electrons. The number of carbonyl (C=O) groups excluding carboxylic acids is 1. The molecule has 0 unspecified atom stereocenters. The summed E-state index contributed by atoms with van der Waals surface area (Å²) in [6, 6.07) is 0.792. The van der Waals surface area contributed by atoms with Crippen molar-refractivity contribution >= 4 is 17.7 Å². The molecule has 1 heterocycles. The van der Waals surface area contributed by atoms with Crippen molar-refractivity contribution in [2.45, 2.75) is 31.7 Å². The van der Waals surface area contributed by atoms with Gasteiger partial charge in [0.25, 0.3) is 5.91 Å². The smallest absolute Gasteiger partial charge is 0.270 e. The van der Waals surface area contributed by atoms with Crippen molar-refractivity contribution in [3.8, 4) is 0 Å². The van der Waals surface area contributed by atoms with Crippen LogP contribution in [-0.4, -0.2) is 60.7 Å². The largest absolute Gasteiger partial charge is 0.383 e. The normalized spacial score (nSPS) is 22.4. The first-order chi connectivity index (χ1) is 12.3. The van der Waals surface area contributed by atoms with E-state index in [1.165, 1.54) is 18.4 Å². The van der Waals surface area contributed by atoms with Gasteiger partial charge in [0.1, 0.15) is 5.70 Å². The minimum absolute atomic E-state index is 0.137. The van der Waals surface area contributed by atoms with E-state index in [2.05, 4.69) is 40.6 Å². The Labute approximate surface area is 155 Å². The predicted octanol–water partition coefficient (Wildman–Crippen LogP) is 2.92. The number of allylic oxidation sites excluding steroid dienone is 5. The fraction of sp³-hybridized carbons (Fsp3) is 0.550. The van der Waals surface area contributed by atoms with Gasteiger partial charge in [-0.3, -0.25) is 9.69 Å². The van der Waals surface area contributed by atoms with E-state index in [1.807, 2.05) is 17.4 Å². The van der Waals surface area contributed by atoms with E-state index in [1.54, 1.807) is 11.8 Å². The fourth-order valence-corrected chi connectivity index (χ4v) is 4.13. The molecule has 2 fully saturated rings. The van der Waals surface area contributed by atoms with Gasteiger partial charge in [-0.15, -0.1) is 11.8 Å². The van der Waals surface area contributed by atoms with Crippen LogP contribution in [0.1, 0.15) is 25.7 Å². The first-order valence-electron chi connectivity index (χ1n) is 9.33. The number of thioether (sulfide) groups is 1. The van der Waals surface area contributed by atoms with Crippen LogP contribution in [0.2, 0.25) is 0 Å². The summed E-state index contributed by atoms with van der Waals surface area (Å²) in [6.45, 7) is 3.86. The molecule has 136 valence electrons. The monoisotopic (exact) mass is 359 g/mol. The second kappa shape index (κ2) is 9.30. The second-order valence-corrected chi connectivity index (χ2v) is 7.67. The summed E-state index contributed by atoms with van der Waals surface area (Å²) in [5.41, 5.74) is 1.99. The Kier molecular flexibility index (Phi) is 6.82. The Morgan fingerprint density at radius 2 is 2.16 bits per heavy atom. The van der Waals surface area contributed by atoms with Crippen LogP contribution >= 0.6 is 11.8 Å². The van der Waals surface area contributed by atoms with Crippen molar-refractivity contribution in [1.82, 2.24) is 15.1 Å². The van der Waals surface area contributed by atoms with E-state index in [4.69, 9.17) is 0 Å². The molecule has 0 aromatic rings. The minimum atomic E-state index is 0.137. The molecule has 1 amide bonds. The molecule has 25 heavy (non-hydrogen) atoms. The molecule has 0 atom stereocenters. The quantitative estimate of drug-likeness (QED) is 0.740. The number of likely N-dealkylation sites (N-methyl/N-ethyl adjacent to an activating group) is 1. The Bertz CT molecular complexity index is 590. The Balaban J connectivity index is 1.52. The van der Waals surface area contributed by atoms with Gasteiger partial charge in [0.05, 0.1) is 0 Å². The van der Waals surface area contributed by atoms with Crippen LogP contribution in [0, 0.1) is 0 Å². The summed E-state index contributed by atoms with van der Waals surface area (Å²) >= 11 is 1.68. The van der Waals surface area contributed by atoms with Gasteiger partial charge >= 0.3 is 0 Å².